The lowest BCUT2D eigenvalue weighted by molar-refractivity contribution is -0.0547. The van der Waals surface area contributed by atoms with Crippen molar-refractivity contribution in [3.05, 3.63) is 39.5 Å². The molecule has 0 unspecified atom stereocenters. The van der Waals surface area contributed by atoms with Gasteiger partial charge in [0.25, 0.3) is 11.8 Å². The van der Waals surface area contributed by atoms with Crippen LogP contribution < -0.4 is 11.1 Å². The van der Waals surface area contributed by atoms with Crippen molar-refractivity contribution in [2.75, 3.05) is 6.54 Å². The number of rotatable bonds is 4. The number of fused-ring (bicyclic) bond motifs is 1. The molecule has 3 amide bonds. The van der Waals surface area contributed by atoms with Gasteiger partial charge in [-0.1, -0.05) is 29.3 Å². The van der Waals surface area contributed by atoms with Gasteiger partial charge in [-0.3, -0.25) is 9.48 Å². The summed E-state index contributed by atoms with van der Waals surface area (Å²) >= 11 is 12.0. The van der Waals surface area contributed by atoms with E-state index < -0.39 is 23.4 Å². The van der Waals surface area contributed by atoms with Gasteiger partial charge in [-0.25, -0.2) is 13.6 Å². The van der Waals surface area contributed by atoms with Crippen molar-refractivity contribution in [1.82, 2.24) is 20.0 Å². The Morgan fingerprint density at radius 3 is 2.40 bits per heavy atom. The molecule has 0 spiro atoms. The minimum atomic E-state index is -3.13. The molecule has 3 N–H and O–H groups in total. The first-order chi connectivity index (χ1) is 13.8. The first-order valence-electron chi connectivity index (χ1n) is 9.11. The van der Waals surface area contributed by atoms with E-state index in [0.29, 0.717) is 27.0 Å². The van der Waals surface area contributed by atoms with Crippen LogP contribution in [0.1, 0.15) is 36.8 Å². The van der Waals surface area contributed by atoms with E-state index in [-0.39, 0.29) is 25.2 Å². The molecule has 0 atom stereocenters. The van der Waals surface area contributed by atoms with E-state index in [2.05, 4.69) is 10.4 Å². The van der Waals surface area contributed by atoms with Crippen molar-refractivity contribution >= 4 is 35.1 Å². The maximum absolute atomic E-state index is 13.8. The second kappa shape index (κ2) is 7.70. The molecular weight excluding hydrogens is 439 g/mol. The third-order valence-corrected chi connectivity index (χ3v) is 5.96. The van der Waals surface area contributed by atoms with Gasteiger partial charge < -0.3 is 16.0 Å². The average Bonchev–Trinajstić information content (AvgIpc) is 3.01. The third-order valence-electron chi connectivity index (χ3n) is 5.22. The maximum Gasteiger partial charge on any atom is 0.318 e. The Hall–Kier alpha value is -2.39. The Balaban J connectivity index is 1.93. The Morgan fingerprint density at radius 1 is 1.17 bits per heavy atom. The average molecular weight is 460 g/mol. The number of carbonyl (C=O) groups excluding carboxylic acids is 2. The molecule has 2 aromatic rings. The molecule has 0 aliphatic carbocycles. The summed E-state index contributed by atoms with van der Waals surface area (Å²) in [6.07, 6.45) is 0. The Kier molecular flexibility index (Phi) is 5.72. The molecule has 162 valence electrons. The second-order valence-electron chi connectivity index (χ2n) is 7.75. The predicted molar refractivity (Wildman–Crippen MR) is 110 cm³/mol. The van der Waals surface area contributed by atoms with E-state index in [1.165, 1.54) is 18.7 Å². The van der Waals surface area contributed by atoms with Crippen LogP contribution in [0, 0.1) is 0 Å². The zero-order chi connectivity index (χ0) is 22.4. The number of halogens is 4. The Bertz CT molecular complexity index is 1020. The summed E-state index contributed by atoms with van der Waals surface area (Å²) in [4.78, 5) is 26.2. The van der Waals surface area contributed by atoms with Crippen LogP contribution in [0.4, 0.5) is 13.6 Å². The number of aromatic nitrogens is 2. The largest absolute Gasteiger partial charge is 0.365 e. The number of benzene rings is 1. The summed E-state index contributed by atoms with van der Waals surface area (Å²) in [6.45, 7) is 3.72. The molecule has 1 aromatic carbocycles. The maximum atomic E-state index is 13.8. The SMILES string of the molecule is CC(F)(F)C(C)(C)NC(=O)N1CCn2nc(-c3ccc(Cl)c(Cl)c3)c(C(N)=O)c2C1. The summed E-state index contributed by atoms with van der Waals surface area (Å²) in [5.41, 5.74) is 5.28. The van der Waals surface area contributed by atoms with Crippen LogP contribution in [0.15, 0.2) is 18.2 Å². The van der Waals surface area contributed by atoms with E-state index in [4.69, 9.17) is 28.9 Å². The van der Waals surface area contributed by atoms with Crippen molar-refractivity contribution in [3.63, 3.8) is 0 Å². The zero-order valence-corrected chi connectivity index (χ0v) is 18.1. The van der Waals surface area contributed by atoms with Gasteiger partial charge in [-0.05, 0) is 26.0 Å². The van der Waals surface area contributed by atoms with E-state index in [9.17, 15) is 18.4 Å². The monoisotopic (exact) mass is 459 g/mol. The lowest BCUT2D eigenvalue weighted by Crippen LogP contribution is -2.58. The quantitative estimate of drug-likeness (QED) is 0.725. The van der Waals surface area contributed by atoms with Gasteiger partial charge in [0.05, 0.1) is 39.9 Å². The van der Waals surface area contributed by atoms with Crippen molar-refractivity contribution in [2.24, 2.45) is 5.73 Å². The molecule has 11 heteroatoms. The number of primary amides is 1. The minimum absolute atomic E-state index is 0.0101. The van der Waals surface area contributed by atoms with Crippen molar-refractivity contribution in [3.8, 4) is 11.3 Å². The summed E-state index contributed by atoms with van der Waals surface area (Å²) < 4.78 is 29.1. The number of alkyl halides is 2. The Morgan fingerprint density at radius 2 is 1.83 bits per heavy atom. The first-order valence-corrected chi connectivity index (χ1v) is 9.87. The number of carbonyl (C=O) groups is 2. The first kappa shape index (κ1) is 22.3. The fourth-order valence-electron chi connectivity index (χ4n) is 3.05. The molecule has 0 fully saturated rings. The highest BCUT2D eigenvalue weighted by Gasteiger charge is 2.44. The van der Waals surface area contributed by atoms with Gasteiger partial charge >= 0.3 is 6.03 Å². The number of urea groups is 1. The van der Waals surface area contributed by atoms with Gasteiger partial charge in [0.1, 0.15) is 5.69 Å². The van der Waals surface area contributed by atoms with E-state index in [1.807, 2.05) is 0 Å². The molecular formula is C19H21Cl2F2N5O2. The van der Waals surface area contributed by atoms with E-state index >= 15 is 0 Å². The van der Waals surface area contributed by atoms with Crippen LogP contribution >= 0.6 is 23.2 Å². The number of nitrogens with two attached hydrogens (primary N) is 1. The minimum Gasteiger partial charge on any atom is -0.365 e. The van der Waals surface area contributed by atoms with Crippen LogP contribution in [0.25, 0.3) is 11.3 Å². The summed E-state index contributed by atoms with van der Waals surface area (Å²) in [6, 6.07) is 4.14. The van der Waals surface area contributed by atoms with Gasteiger partial charge in [-0.15, -0.1) is 0 Å². The second-order valence-corrected chi connectivity index (χ2v) is 8.57. The lowest BCUT2D eigenvalue weighted by atomic mass is 9.98. The topological polar surface area (TPSA) is 93.2 Å². The zero-order valence-electron chi connectivity index (χ0n) is 16.6. The van der Waals surface area contributed by atoms with Crippen LogP contribution in [-0.4, -0.2) is 44.6 Å². The molecule has 0 saturated heterocycles. The fourth-order valence-corrected chi connectivity index (χ4v) is 3.35. The highest BCUT2D eigenvalue weighted by atomic mass is 35.5. The van der Waals surface area contributed by atoms with Crippen LogP contribution in [0.2, 0.25) is 10.0 Å². The van der Waals surface area contributed by atoms with Gasteiger partial charge in [0.15, 0.2) is 0 Å². The van der Waals surface area contributed by atoms with Crippen LogP contribution in [-0.2, 0) is 13.1 Å². The van der Waals surface area contributed by atoms with E-state index in [0.717, 1.165) is 6.92 Å². The summed E-state index contributed by atoms with van der Waals surface area (Å²) in [5.74, 6) is -3.85. The number of nitrogens with one attached hydrogen (secondary N) is 1. The summed E-state index contributed by atoms with van der Waals surface area (Å²) in [7, 11) is 0. The molecule has 0 bridgehead atoms. The number of hydrogen-bond donors (Lipinski definition) is 2. The highest BCUT2D eigenvalue weighted by molar-refractivity contribution is 6.42. The molecule has 0 radical (unpaired) electrons. The molecule has 3 rings (SSSR count). The molecule has 30 heavy (non-hydrogen) atoms. The van der Waals surface area contributed by atoms with E-state index in [1.54, 1.807) is 22.9 Å². The van der Waals surface area contributed by atoms with Crippen molar-refractivity contribution in [1.29, 1.82) is 0 Å². The number of nitrogens with zero attached hydrogens (tertiary/aromatic N) is 3. The van der Waals surface area contributed by atoms with Crippen LogP contribution in [0.3, 0.4) is 0 Å². The number of amides is 3. The number of hydrogen-bond acceptors (Lipinski definition) is 3. The molecule has 1 aliphatic heterocycles. The molecule has 1 aromatic heterocycles. The van der Waals surface area contributed by atoms with Crippen molar-refractivity contribution in [2.45, 2.75) is 45.3 Å². The summed E-state index contributed by atoms with van der Waals surface area (Å²) in [5, 5.41) is 7.45. The normalized spacial score (nSPS) is 14.4. The molecule has 1 aliphatic rings. The third kappa shape index (κ3) is 4.09. The van der Waals surface area contributed by atoms with Crippen LogP contribution in [0.5, 0.6) is 0 Å². The standard InChI is InChI=1S/C19H21Cl2F2N5O2/c1-18(2,19(3,22)23)25-17(30)27-6-7-28-13(9-27)14(16(24)29)15(26-28)10-4-5-11(20)12(21)8-10/h4-5,8H,6-7,9H2,1-3H3,(H2,24,29)(H,25,30). The lowest BCUT2D eigenvalue weighted by Gasteiger charge is -2.36. The highest BCUT2D eigenvalue weighted by Crippen LogP contribution is 2.33. The molecule has 2 heterocycles. The smallest absolute Gasteiger partial charge is 0.318 e. The molecule has 0 saturated carbocycles. The molecule has 7 nitrogen and oxygen atoms in total. The van der Waals surface area contributed by atoms with Gasteiger partial charge in [0, 0.05) is 19.0 Å². The van der Waals surface area contributed by atoms with Gasteiger partial charge in [-0.2, -0.15) is 5.10 Å². The van der Waals surface area contributed by atoms with Gasteiger partial charge in [0.2, 0.25) is 0 Å². The fraction of sp³-hybridized carbons (Fsp3) is 0.421. The predicted octanol–water partition coefficient (Wildman–Crippen LogP) is 3.91. The Labute approximate surface area is 182 Å². The van der Waals surface area contributed by atoms with Crippen molar-refractivity contribution < 1.29 is 18.4 Å².